The van der Waals surface area contributed by atoms with Crippen molar-refractivity contribution in [2.45, 2.75) is 57.4 Å². The maximum atomic E-state index is 13.1. The molecule has 4 aliphatic rings. The molecule has 4 saturated carbocycles. The van der Waals surface area contributed by atoms with E-state index in [-0.39, 0.29) is 36.6 Å². The molecule has 8 heteroatoms. The number of nitrogens with one attached hydrogen (secondary N) is 2. The minimum atomic E-state index is -0.585. The van der Waals surface area contributed by atoms with Gasteiger partial charge in [0.05, 0.1) is 33.8 Å². The van der Waals surface area contributed by atoms with E-state index in [1.165, 1.54) is 33.5 Å². The van der Waals surface area contributed by atoms with E-state index in [4.69, 9.17) is 14.2 Å². The molecule has 1 atom stereocenters. The first-order chi connectivity index (χ1) is 16.4. The Morgan fingerprint density at radius 2 is 1.59 bits per heavy atom. The lowest BCUT2D eigenvalue weighted by Crippen LogP contribution is -2.53. The van der Waals surface area contributed by atoms with Crippen molar-refractivity contribution in [2.75, 3.05) is 27.9 Å². The van der Waals surface area contributed by atoms with Crippen LogP contribution in [0.5, 0.6) is 11.5 Å². The molecule has 0 saturated heterocycles. The predicted molar refractivity (Wildman–Crippen MR) is 125 cm³/mol. The average molecular weight is 473 g/mol. The van der Waals surface area contributed by atoms with Gasteiger partial charge in [-0.05, 0) is 74.0 Å². The van der Waals surface area contributed by atoms with E-state index in [0.29, 0.717) is 34.8 Å². The molecule has 0 radical (unpaired) electrons. The molecule has 186 valence electrons. The molecule has 0 spiro atoms. The summed E-state index contributed by atoms with van der Waals surface area (Å²) in [7, 11) is 4.39. The van der Waals surface area contributed by atoms with Gasteiger partial charge in [-0.25, -0.2) is 0 Å². The van der Waals surface area contributed by atoms with Gasteiger partial charge in [-0.15, -0.1) is 0 Å². The maximum Gasteiger partial charge on any atom is 0.307 e. The van der Waals surface area contributed by atoms with Gasteiger partial charge < -0.3 is 24.8 Å². The first-order valence-electron chi connectivity index (χ1n) is 12.2. The second-order valence-corrected chi connectivity index (χ2v) is 10.2. The van der Waals surface area contributed by atoms with E-state index in [2.05, 4.69) is 10.6 Å². The highest BCUT2D eigenvalue weighted by atomic mass is 16.5. The van der Waals surface area contributed by atoms with Gasteiger partial charge in [-0.3, -0.25) is 14.4 Å². The van der Waals surface area contributed by atoms with Crippen LogP contribution in [0, 0.1) is 23.2 Å². The molecule has 0 aliphatic heterocycles. The summed E-state index contributed by atoms with van der Waals surface area (Å²) < 4.78 is 15.4. The number of amides is 2. The van der Waals surface area contributed by atoms with Crippen molar-refractivity contribution >= 4 is 17.8 Å². The zero-order chi connectivity index (χ0) is 24.3. The van der Waals surface area contributed by atoms with Crippen LogP contribution >= 0.6 is 0 Å². The van der Waals surface area contributed by atoms with Gasteiger partial charge in [0, 0.05) is 18.4 Å². The van der Waals surface area contributed by atoms with Crippen LogP contribution in [-0.4, -0.2) is 45.7 Å². The number of benzene rings is 1. The van der Waals surface area contributed by atoms with Gasteiger partial charge in [0.1, 0.15) is 0 Å². The number of ether oxygens (including phenoxy) is 3. The zero-order valence-corrected chi connectivity index (χ0v) is 20.4. The van der Waals surface area contributed by atoms with E-state index in [1.807, 2.05) is 0 Å². The average Bonchev–Trinajstić information content (AvgIpc) is 2.82. The lowest BCUT2D eigenvalue weighted by molar-refractivity contribution is -0.146. The first-order valence-corrected chi connectivity index (χ1v) is 12.2. The van der Waals surface area contributed by atoms with Gasteiger partial charge in [0.25, 0.3) is 0 Å². The van der Waals surface area contributed by atoms with Crippen LogP contribution < -0.4 is 20.1 Å². The second kappa shape index (κ2) is 10.2. The Labute approximate surface area is 201 Å². The normalized spacial score (nSPS) is 27.6. The van der Waals surface area contributed by atoms with Crippen molar-refractivity contribution in [3.8, 4) is 11.5 Å². The molecule has 5 rings (SSSR count). The summed E-state index contributed by atoms with van der Waals surface area (Å²) in [5.74, 6) is 2.59. The van der Waals surface area contributed by atoms with E-state index >= 15 is 0 Å². The fourth-order valence-electron chi connectivity index (χ4n) is 6.70. The highest BCUT2D eigenvalue weighted by Gasteiger charge is 2.54. The van der Waals surface area contributed by atoms with Gasteiger partial charge in [0.2, 0.25) is 11.8 Å². The van der Waals surface area contributed by atoms with E-state index < -0.39 is 12.0 Å². The smallest absolute Gasteiger partial charge is 0.307 e. The fraction of sp³-hybridized carbons (Fsp3) is 0.654. The predicted octanol–water partition coefficient (Wildman–Crippen LogP) is 3.15. The minimum absolute atomic E-state index is 0.0165. The van der Waals surface area contributed by atoms with Crippen LogP contribution in [-0.2, 0) is 19.1 Å². The molecular formula is C26H36N2O6. The lowest BCUT2D eigenvalue weighted by Gasteiger charge is -2.55. The summed E-state index contributed by atoms with van der Waals surface area (Å²) >= 11 is 0. The third-order valence-corrected chi connectivity index (χ3v) is 7.90. The molecule has 34 heavy (non-hydrogen) atoms. The third-order valence-electron chi connectivity index (χ3n) is 7.90. The Balaban J connectivity index is 1.34. The molecule has 4 aliphatic carbocycles. The van der Waals surface area contributed by atoms with Crippen molar-refractivity contribution in [1.82, 2.24) is 10.6 Å². The molecule has 1 unspecified atom stereocenters. The van der Waals surface area contributed by atoms with Crippen molar-refractivity contribution in [3.63, 3.8) is 0 Å². The number of hydrogen-bond donors (Lipinski definition) is 2. The Bertz CT molecular complexity index is 895. The number of hydrogen-bond acceptors (Lipinski definition) is 6. The summed E-state index contributed by atoms with van der Waals surface area (Å²) in [6, 6.07) is 4.67. The lowest BCUT2D eigenvalue weighted by atomic mass is 9.49. The van der Waals surface area contributed by atoms with Crippen molar-refractivity contribution in [3.05, 3.63) is 23.8 Å². The van der Waals surface area contributed by atoms with Crippen LogP contribution in [0.1, 0.15) is 63.0 Å². The fourth-order valence-corrected chi connectivity index (χ4v) is 6.70. The Morgan fingerprint density at radius 1 is 0.971 bits per heavy atom. The maximum absolute atomic E-state index is 13.1. The Hall–Kier alpha value is -2.77. The topological polar surface area (TPSA) is 103 Å². The Kier molecular flexibility index (Phi) is 7.33. The minimum Gasteiger partial charge on any atom is -0.493 e. The molecule has 1 aromatic carbocycles. The molecule has 4 fully saturated rings. The zero-order valence-electron chi connectivity index (χ0n) is 20.4. The molecule has 2 amide bonds. The molecule has 0 heterocycles. The molecule has 0 aromatic heterocycles. The third kappa shape index (κ3) is 5.15. The molecule has 2 N–H and O–H groups in total. The van der Waals surface area contributed by atoms with Gasteiger partial charge in [0.15, 0.2) is 11.5 Å². The number of carbonyl (C=O) groups is 3. The molecule has 1 aromatic rings. The van der Waals surface area contributed by atoms with Gasteiger partial charge >= 0.3 is 5.97 Å². The summed E-state index contributed by atoms with van der Waals surface area (Å²) in [5.41, 5.74) is 0.479. The summed E-state index contributed by atoms with van der Waals surface area (Å²) in [6.07, 6.45) is 6.97. The van der Waals surface area contributed by atoms with Crippen LogP contribution in [0.25, 0.3) is 0 Å². The van der Waals surface area contributed by atoms with Crippen LogP contribution in [0.15, 0.2) is 18.2 Å². The molecule has 8 nitrogen and oxygen atoms in total. The number of rotatable bonds is 10. The number of esters is 1. The SMILES string of the molecule is COC(=O)CC(NC(=O)CCNC(=O)C12CC3CC(CC(C3)C1)C2)c1ccc(OC)c(OC)c1. The van der Waals surface area contributed by atoms with E-state index in [1.54, 1.807) is 25.3 Å². The van der Waals surface area contributed by atoms with Crippen LogP contribution in [0.3, 0.4) is 0 Å². The number of carbonyl (C=O) groups excluding carboxylic acids is 3. The largest absolute Gasteiger partial charge is 0.493 e. The summed E-state index contributed by atoms with van der Waals surface area (Å²) in [6.45, 7) is 0.281. The van der Waals surface area contributed by atoms with E-state index in [9.17, 15) is 14.4 Å². The highest BCUT2D eigenvalue weighted by Crippen LogP contribution is 2.60. The first kappa shape index (κ1) is 24.4. The quantitative estimate of drug-likeness (QED) is 0.507. The number of methoxy groups -OCH3 is 3. The van der Waals surface area contributed by atoms with Crippen LogP contribution in [0.4, 0.5) is 0 Å². The van der Waals surface area contributed by atoms with E-state index in [0.717, 1.165) is 19.3 Å². The van der Waals surface area contributed by atoms with Crippen molar-refractivity contribution < 1.29 is 28.6 Å². The second-order valence-electron chi connectivity index (χ2n) is 10.2. The monoisotopic (exact) mass is 472 g/mol. The molecular weight excluding hydrogens is 436 g/mol. The Morgan fingerprint density at radius 3 is 2.15 bits per heavy atom. The molecule has 4 bridgehead atoms. The van der Waals surface area contributed by atoms with Crippen molar-refractivity contribution in [2.24, 2.45) is 23.2 Å². The summed E-state index contributed by atoms with van der Waals surface area (Å²) in [4.78, 5) is 37.8. The van der Waals surface area contributed by atoms with Gasteiger partial charge in [-0.2, -0.15) is 0 Å². The van der Waals surface area contributed by atoms with Gasteiger partial charge in [-0.1, -0.05) is 6.07 Å². The van der Waals surface area contributed by atoms with Crippen molar-refractivity contribution in [1.29, 1.82) is 0 Å². The standard InChI is InChI=1S/C26H36N2O6/c1-32-21-5-4-19(11-22(21)33-2)20(12-24(30)34-3)28-23(29)6-7-27-25(31)26-13-16-8-17(14-26)10-18(9-16)15-26/h4-5,11,16-18,20H,6-10,12-15H2,1-3H3,(H,27,31)(H,28,29). The highest BCUT2D eigenvalue weighted by molar-refractivity contribution is 5.84. The summed E-state index contributed by atoms with van der Waals surface area (Å²) in [5, 5.41) is 5.95. The van der Waals surface area contributed by atoms with Crippen LogP contribution in [0.2, 0.25) is 0 Å².